The van der Waals surface area contributed by atoms with Crippen molar-refractivity contribution in [1.29, 1.82) is 0 Å². The molecule has 4 heteroatoms. The summed E-state index contributed by atoms with van der Waals surface area (Å²) < 4.78 is 1.50. The van der Waals surface area contributed by atoms with E-state index in [9.17, 15) is 5.21 Å². The van der Waals surface area contributed by atoms with E-state index in [1.165, 1.54) is 0 Å². The molecule has 0 unspecified atom stereocenters. The summed E-state index contributed by atoms with van der Waals surface area (Å²) in [4.78, 5) is 2.20. The van der Waals surface area contributed by atoms with E-state index < -0.39 is 0 Å². The molecule has 1 rings (SSSR count). The van der Waals surface area contributed by atoms with Crippen LogP contribution in [-0.4, -0.2) is 18.0 Å². The van der Waals surface area contributed by atoms with Crippen molar-refractivity contribution in [3.05, 3.63) is 33.7 Å². The highest BCUT2D eigenvalue weighted by Crippen LogP contribution is 2.05. The molecule has 3 nitrogen and oxygen atoms in total. The third-order valence-corrected chi connectivity index (χ3v) is 2.84. The predicted molar refractivity (Wildman–Crippen MR) is 59.7 cm³/mol. The van der Waals surface area contributed by atoms with Gasteiger partial charge in [0.1, 0.15) is 0 Å². The summed E-state index contributed by atoms with van der Waals surface area (Å²) >= 11 is 3.21. The Kier molecular flexibility index (Phi) is 4.35. The minimum absolute atomic E-state index is 0.571. The molecule has 0 aromatic carbocycles. The molecule has 0 saturated heterocycles. The molecule has 0 aliphatic carbocycles. The number of hydrogen-bond donors (Lipinski definition) is 0. The van der Waals surface area contributed by atoms with E-state index in [0.29, 0.717) is 11.1 Å². The third kappa shape index (κ3) is 2.69. The Balaban J connectivity index is 2.80. The quantitative estimate of drug-likeness (QED) is 0.470. The lowest BCUT2D eigenvalue weighted by molar-refractivity contribution is -0.626. The van der Waals surface area contributed by atoms with E-state index in [4.69, 9.17) is 0 Å². The molecule has 0 spiro atoms. The van der Waals surface area contributed by atoms with Gasteiger partial charge in [-0.2, -0.15) is 4.73 Å². The minimum Gasteiger partial charge on any atom is -0.618 e. The van der Waals surface area contributed by atoms with Crippen LogP contribution in [0, 0.1) is 5.21 Å². The molecule has 1 heterocycles. The summed E-state index contributed by atoms with van der Waals surface area (Å²) in [6, 6.07) is 5.49. The molecule has 1 aromatic heterocycles. The first-order valence-corrected chi connectivity index (χ1v) is 5.57. The average molecular weight is 259 g/mol. The fourth-order valence-corrected chi connectivity index (χ4v) is 1.68. The van der Waals surface area contributed by atoms with Gasteiger partial charge in [-0.15, -0.1) is 0 Å². The van der Waals surface area contributed by atoms with Crippen LogP contribution in [0.25, 0.3) is 0 Å². The summed E-state index contributed by atoms with van der Waals surface area (Å²) in [6.45, 7) is 6.81. The van der Waals surface area contributed by atoms with Crippen molar-refractivity contribution in [2.45, 2.75) is 20.4 Å². The van der Waals surface area contributed by atoms with Crippen molar-refractivity contribution in [3.8, 4) is 0 Å². The molecule has 0 radical (unpaired) electrons. The van der Waals surface area contributed by atoms with Crippen LogP contribution in [0.1, 0.15) is 19.5 Å². The zero-order valence-electron chi connectivity index (χ0n) is 8.53. The first-order valence-electron chi connectivity index (χ1n) is 4.78. The predicted octanol–water partition coefficient (Wildman–Crippen LogP) is 1.92. The number of aromatic nitrogens is 1. The molecular formula is C10H15BrN2O. The normalized spacial score (nSPS) is 10.9. The second kappa shape index (κ2) is 5.32. The van der Waals surface area contributed by atoms with Crippen molar-refractivity contribution in [2.24, 2.45) is 0 Å². The number of halogens is 1. The number of rotatable bonds is 4. The standard InChI is InChI=1S/C10H15BrN2O/c1-3-12(4-2)8-9-6-5-7-10(11)13(9)14/h5-7H,3-4,8H2,1-2H3. The van der Waals surface area contributed by atoms with Gasteiger partial charge in [-0.25, -0.2) is 0 Å². The first kappa shape index (κ1) is 11.5. The maximum atomic E-state index is 11.6. The molecule has 0 bridgehead atoms. The largest absolute Gasteiger partial charge is 0.618 e. The SMILES string of the molecule is CCN(CC)Cc1cccc(Br)[n+]1[O-]. The van der Waals surface area contributed by atoms with Crippen LogP contribution in [0.4, 0.5) is 0 Å². The summed E-state index contributed by atoms with van der Waals surface area (Å²) in [5.74, 6) is 0. The highest BCUT2D eigenvalue weighted by Gasteiger charge is 2.11. The average Bonchev–Trinajstić information content (AvgIpc) is 2.20. The van der Waals surface area contributed by atoms with Crippen molar-refractivity contribution in [1.82, 2.24) is 4.90 Å². The summed E-state index contributed by atoms with van der Waals surface area (Å²) in [7, 11) is 0. The molecule has 0 N–H and O–H groups in total. The van der Waals surface area contributed by atoms with E-state index in [-0.39, 0.29) is 0 Å². The lowest BCUT2D eigenvalue weighted by Crippen LogP contribution is -2.37. The van der Waals surface area contributed by atoms with Gasteiger partial charge in [0.25, 0.3) is 4.60 Å². The fourth-order valence-electron chi connectivity index (χ4n) is 1.30. The highest BCUT2D eigenvalue weighted by atomic mass is 79.9. The molecule has 1 aromatic rings. The number of hydrogen-bond acceptors (Lipinski definition) is 2. The summed E-state index contributed by atoms with van der Waals surface area (Å²) in [6.07, 6.45) is 0. The number of pyridine rings is 1. The van der Waals surface area contributed by atoms with Crippen molar-refractivity contribution in [3.63, 3.8) is 0 Å². The molecule has 0 fully saturated rings. The minimum atomic E-state index is 0.571. The Morgan fingerprint density at radius 2 is 2.00 bits per heavy atom. The van der Waals surface area contributed by atoms with Crippen molar-refractivity contribution >= 4 is 15.9 Å². The van der Waals surface area contributed by atoms with Crippen LogP contribution in [0.5, 0.6) is 0 Å². The smallest absolute Gasteiger partial charge is 0.259 e. The second-order valence-corrected chi connectivity index (χ2v) is 3.91. The lowest BCUT2D eigenvalue weighted by Gasteiger charge is -2.17. The van der Waals surface area contributed by atoms with Gasteiger partial charge in [0.05, 0.1) is 6.54 Å². The van der Waals surface area contributed by atoms with Crippen LogP contribution in [0.3, 0.4) is 0 Å². The number of nitrogens with zero attached hydrogens (tertiary/aromatic N) is 2. The van der Waals surface area contributed by atoms with Crippen molar-refractivity contribution in [2.75, 3.05) is 13.1 Å². The van der Waals surface area contributed by atoms with Crippen LogP contribution in [0.2, 0.25) is 0 Å². The van der Waals surface area contributed by atoms with Gasteiger partial charge in [0, 0.05) is 28.1 Å². The maximum Gasteiger partial charge on any atom is 0.259 e. The van der Waals surface area contributed by atoms with E-state index in [1.54, 1.807) is 6.07 Å². The summed E-state index contributed by atoms with van der Waals surface area (Å²) in [5, 5.41) is 11.6. The molecule has 14 heavy (non-hydrogen) atoms. The Hall–Kier alpha value is -0.610. The zero-order chi connectivity index (χ0) is 10.6. The van der Waals surface area contributed by atoms with E-state index in [1.807, 2.05) is 12.1 Å². The van der Waals surface area contributed by atoms with Crippen LogP contribution in [-0.2, 0) is 6.54 Å². The lowest BCUT2D eigenvalue weighted by atomic mass is 10.3. The van der Waals surface area contributed by atoms with Gasteiger partial charge >= 0.3 is 0 Å². The highest BCUT2D eigenvalue weighted by molar-refractivity contribution is 9.10. The van der Waals surface area contributed by atoms with Crippen molar-refractivity contribution < 1.29 is 4.73 Å². The monoisotopic (exact) mass is 258 g/mol. The van der Waals surface area contributed by atoms with E-state index >= 15 is 0 Å². The maximum absolute atomic E-state index is 11.6. The van der Waals surface area contributed by atoms with E-state index in [0.717, 1.165) is 23.5 Å². The summed E-state index contributed by atoms with van der Waals surface area (Å²) in [5.41, 5.74) is 0.781. The van der Waals surface area contributed by atoms with Gasteiger partial charge in [-0.1, -0.05) is 13.8 Å². The topological polar surface area (TPSA) is 30.2 Å². The van der Waals surface area contributed by atoms with Crippen LogP contribution >= 0.6 is 15.9 Å². The Labute approximate surface area is 93.1 Å². The molecule has 78 valence electrons. The Bertz CT molecular complexity index is 300. The molecule has 0 atom stereocenters. The zero-order valence-corrected chi connectivity index (χ0v) is 10.1. The molecule has 0 saturated carbocycles. The molecule has 0 aliphatic rings. The van der Waals surface area contributed by atoms with Gasteiger partial charge < -0.3 is 5.21 Å². The fraction of sp³-hybridized carbons (Fsp3) is 0.500. The third-order valence-electron chi connectivity index (χ3n) is 2.26. The molecule has 0 amide bonds. The molecule has 0 aliphatic heterocycles. The Morgan fingerprint density at radius 1 is 1.36 bits per heavy atom. The van der Waals surface area contributed by atoms with Crippen LogP contribution in [0.15, 0.2) is 22.8 Å². The van der Waals surface area contributed by atoms with Gasteiger partial charge in [-0.05, 0) is 19.2 Å². The molecular weight excluding hydrogens is 244 g/mol. The van der Waals surface area contributed by atoms with Crippen LogP contribution < -0.4 is 4.73 Å². The van der Waals surface area contributed by atoms with Gasteiger partial charge in [-0.3, -0.25) is 4.90 Å². The second-order valence-electron chi connectivity index (χ2n) is 3.10. The van der Waals surface area contributed by atoms with Gasteiger partial charge in [0.15, 0.2) is 0 Å². The first-order chi connectivity index (χ1) is 6.69. The van der Waals surface area contributed by atoms with E-state index in [2.05, 4.69) is 34.7 Å². The van der Waals surface area contributed by atoms with Gasteiger partial charge in [0.2, 0.25) is 5.69 Å². The Morgan fingerprint density at radius 3 is 2.57 bits per heavy atom.